The van der Waals surface area contributed by atoms with Gasteiger partial charge in [0.1, 0.15) is 0 Å². The summed E-state index contributed by atoms with van der Waals surface area (Å²) in [7, 11) is 0. The molecule has 2 rings (SSSR count). The van der Waals surface area contributed by atoms with Crippen LogP contribution in [-0.4, -0.2) is 45.3 Å². The summed E-state index contributed by atoms with van der Waals surface area (Å²) in [5.74, 6) is -3.66. The molecule has 1 aliphatic heterocycles. The van der Waals surface area contributed by atoms with Crippen LogP contribution < -0.4 is 0 Å². The number of azide groups is 1. The monoisotopic (exact) mass is 314 g/mol. The van der Waals surface area contributed by atoms with Crippen molar-refractivity contribution in [1.29, 1.82) is 0 Å². The highest BCUT2D eigenvalue weighted by atomic mass is 16.5. The number of likely N-dealkylation sites (tertiary alicyclic amines) is 1. The van der Waals surface area contributed by atoms with Gasteiger partial charge in [0.25, 0.3) is 0 Å². The van der Waals surface area contributed by atoms with Crippen molar-refractivity contribution < 1.29 is 19.8 Å². The van der Waals surface area contributed by atoms with Gasteiger partial charge in [0.15, 0.2) is 5.79 Å². The summed E-state index contributed by atoms with van der Waals surface area (Å²) < 4.78 is 0. The third-order valence-corrected chi connectivity index (χ3v) is 4.22. The van der Waals surface area contributed by atoms with E-state index >= 15 is 0 Å². The smallest absolute Gasteiger partial charge is 0.225 e. The number of aliphatic hydroxyl groups is 2. The summed E-state index contributed by atoms with van der Waals surface area (Å²) in [5.41, 5.74) is 8.38. The van der Waals surface area contributed by atoms with E-state index in [0.29, 0.717) is 13.0 Å². The number of hydrogen-bond acceptors (Lipinski definition) is 4. The second-order valence-electron chi connectivity index (χ2n) is 5.65. The summed E-state index contributed by atoms with van der Waals surface area (Å²) in [6.45, 7) is 2.38. The highest BCUT2D eigenvalue weighted by Gasteiger charge is 2.46. The van der Waals surface area contributed by atoms with Crippen LogP contribution >= 0.6 is 0 Å². The molecule has 0 radical (unpaired) electrons. The van der Waals surface area contributed by atoms with Gasteiger partial charge in [0.05, 0.1) is 0 Å². The van der Waals surface area contributed by atoms with Gasteiger partial charge in [-0.3, -0.25) is 9.59 Å². The van der Waals surface area contributed by atoms with Crippen molar-refractivity contribution in [2.75, 3.05) is 6.54 Å². The zero-order chi connectivity index (χ0) is 14.9. The molecule has 2 amide bonds. The van der Waals surface area contributed by atoms with Gasteiger partial charge >= 0.3 is 0 Å². The van der Waals surface area contributed by atoms with E-state index in [1.807, 2.05) is 6.92 Å². The van der Waals surface area contributed by atoms with Crippen molar-refractivity contribution in [3.05, 3.63) is 10.4 Å². The van der Waals surface area contributed by atoms with Crippen LogP contribution in [0.25, 0.3) is 10.4 Å². The first-order chi connectivity index (χ1) is 9.35. The van der Waals surface area contributed by atoms with Gasteiger partial charge in [0.2, 0.25) is 11.8 Å². The number of amides is 2. The second kappa shape index (κ2) is 7.58. The molecule has 2 fully saturated rings. The topological polar surface area (TPSA) is 127 Å². The van der Waals surface area contributed by atoms with Crippen molar-refractivity contribution in [2.24, 2.45) is 17.0 Å². The van der Waals surface area contributed by atoms with E-state index in [4.69, 9.17) is 5.53 Å². The summed E-state index contributed by atoms with van der Waals surface area (Å²) in [5, 5.41) is 22.5. The SMILES string of the molecule is C.C.C[C@H]1CCN(C2CCC(O)(O)C[C@H]2C(=O)N=[N+]=[N-])C1=O. The quantitative estimate of drug-likeness (QED) is 0.349. The lowest BCUT2D eigenvalue weighted by atomic mass is 9.79. The largest absolute Gasteiger partial charge is 0.366 e. The Morgan fingerprint density at radius 1 is 1.41 bits per heavy atom. The molecule has 2 aliphatic rings. The van der Waals surface area contributed by atoms with Crippen molar-refractivity contribution in [1.82, 2.24) is 4.90 Å². The molecule has 1 saturated heterocycles. The first kappa shape index (κ1) is 20.4. The highest BCUT2D eigenvalue weighted by molar-refractivity contribution is 5.84. The van der Waals surface area contributed by atoms with E-state index in [2.05, 4.69) is 10.0 Å². The summed E-state index contributed by atoms with van der Waals surface area (Å²) in [6, 6.07) is -0.419. The molecule has 1 unspecified atom stereocenters. The Morgan fingerprint density at radius 2 is 2.05 bits per heavy atom. The molecule has 0 aromatic rings. The van der Waals surface area contributed by atoms with E-state index in [-0.39, 0.29) is 39.5 Å². The van der Waals surface area contributed by atoms with E-state index in [9.17, 15) is 19.8 Å². The van der Waals surface area contributed by atoms with Crippen LogP contribution in [0.15, 0.2) is 5.11 Å². The Bertz CT molecular complexity index is 473. The van der Waals surface area contributed by atoms with Crippen LogP contribution in [0.2, 0.25) is 0 Å². The second-order valence-corrected chi connectivity index (χ2v) is 5.65. The van der Waals surface area contributed by atoms with Gasteiger partial charge in [0, 0.05) is 42.2 Å². The first-order valence-corrected chi connectivity index (χ1v) is 6.70. The Hall–Kier alpha value is -1.63. The average molecular weight is 314 g/mol. The lowest BCUT2D eigenvalue weighted by molar-refractivity contribution is -0.201. The number of carbonyl (C=O) groups is 2. The van der Waals surface area contributed by atoms with E-state index < -0.39 is 23.7 Å². The Morgan fingerprint density at radius 3 is 2.55 bits per heavy atom. The maximum Gasteiger partial charge on any atom is 0.225 e. The number of carbonyl (C=O) groups excluding carboxylic acids is 2. The molecule has 8 nitrogen and oxygen atoms in total. The normalized spacial score (nSPS) is 29.9. The van der Waals surface area contributed by atoms with Crippen LogP contribution in [0.5, 0.6) is 0 Å². The van der Waals surface area contributed by atoms with Gasteiger partial charge in [-0.25, -0.2) is 0 Å². The minimum Gasteiger partial charge on any atom is -0.366 e. The Balaban J connectivity index is 0.00000220. The summed E-state index contributed by atoms with van der Waals surface area (Å²) in [4.78, 5) is 28.0. The number of nitrogens with zero attached hydrogens (tertiary/aromatic N) is 4. The Labute approximate surface area is 130 Å². The van der Waals surface area contributed by atoms with Gasteiger partial charge in [-0.15, -0.1) is 0 Å². The molecule has 0 bridgehead atoms. The third kappa shape index (κ3) is 3.97. The maximum atomic E-state index is 12.1. The fourth-order valence-corrected chi connectivity index (χ4v) is 3.09. The van der Waals surface area contributed by atoms with Crippen LogP contribution in [-0.2, 0) is 9.59 Å². The van der Waals surface area contributed by atoms with Gasteiger partial charge in [-0.05, 0) is 23.5 Å². The summed E-state index contributed by atoms with van der Waals surface area (Å²) >= 11 is 0. The fourth-order valence-electron chi connectivity index (χ4n) is 3.09. The van der Waals surface area contributed by atoms with E-state index in [1.54, 1.807) is 4.90 Å². The highest BCUT2D eigenvalue weighted by Crippen LogP contribution is 2.37. The van der Waals surface area contributed by atoms with E-state index in [0.717, 1.165) is 6.42 Å². The molecule has 1 aliphatic carbocycles. The van der Waals surface area contributed by atoms with Crippen LogP contribution in [0.1, 0.15) is 47.5 Å². The fraction of sp³-hybridized carbons (Fsp3) is 0.857. The van der Waals surface area contributed by atoms with Crippen LogP contribution in [0.3, 0.4) is 0 Å². The van der Waals surface area contributed by atoms with Crippen LogP contribution in [0, 0.1) is 11.8 Å². The molecule has 0 spiro atoms. The van der Waals surface area contributed by atoms with E-state index in [1.165, 1.54) is 0 Å². The zero-order valence-electron chi connectivity index (χ0n) is 11.3. The van der Waals surface area contributed by atoms with Gasteiger partial charge in [-0.2, -0.15) is 0 Å². The molecule has 1 heterocycles. The first-order valence-electron chi connectivity index (χ1n) is 6.70. The minimum atomic E-state index is -1.95. The minimum absolute atomic E-state index is 0. The lowest BCUT2D eigenvalue weighted by Crippen LogP contribution is -2.52. The molecule has 8 heteroatoms. The predicted molar refractivity (Wildman–Crippen MR) is 81.4 cm³/mol. The maximum absolute atomic E-state index is 12.1. The molecule has 0 aromatic heterocycles. The van der Waals surface area contributed by atoms with Crippen molar-refractivity contribution >= 4 is 11.8 Å². The molecule has 0 aromatic carbocycles. The molecule has 3 atom stereocenters. The molecule has 2 N–H and O–H groups in total. The molecule has 22 heavy (non-hydrogen) atoms. The van der Waals surface area contributed by atoms with Gasteiger partial charge in [-0.1, -0.05) is 21.8 Å². The van der Waals surface area contributed by atoms with Crippen molar-refractivity contribution in [3.63, 3.8) is 0 Å². The lowest BCUT2D eigenvalue weighted by Gasteiger charge is -2.41. The molecule has 126 valence electrons. The Kier molecular flexibility index (Phi) is 7.02. The predicted octanol–water partition coefficient (Wildman–Crippen LogP) is 1.81. The van der Waals surface area contributed by atoms with Crippen LogP contribution in [0.4, 0.5) is 0 Å². The van der Waals surface area contributed by atoms with Gasteiger partial charge < -0.3 is 15.1 Å². The number of rotatable bonds is 2. The molecular weight excluding hydrogens is 288 g/mol. The zero-order valence-corrected chi connectivity index (χ0v) is 11.3. The summed E-state index contributed by atoms with van der Waals surface area (Å²) in [6.07, 6.45) is 0.910. The average Bonchev–Trinajstić information content (AvgIpc) is 2.70. The van der Waals surface area contributed by atoms with Crippen molar-refractivity contribution in [3.8, 4) is 0 Å². The number of hydrogen-bond donors (Lipinski definition) is 2. The molecule has 1 saturated carbocycles. The van der Waals surface area contributed by atoms with Crippen molar-refractivity contribution in [2.45, 2.75) is 59.3 Å². The standard InChI is InChI=1S/C12H18N4O4.2CH4/c1-7-3-5-16(11(7)18)9-2-4-12(19,20)6-8(9)10(17)14-15-13;;/h7-9,19-20H,2-6H2,1H3;2*1H4/t7-,8+,9?;;/m0../s1. The molecular formula is C14H26N4O4. The third-order valence-electron chi connectivity index (χ3n) is 4.22.